The first-order valence-corrected chi connectivity index (χ1v) is 5.89. The Bertz CT molecular complexity index is 674. The zero-order valence-corrected chi connectivity index (χ0v) is 10.9. The zero-order chi connectivity index (χ0) is 14.0. The van der Waals surface area contributed by atoms with E-state index in [9.17, 15) is 9.59 Å². The van der Waals surface area contributed by atoms with E-state index in [0.29, 0.717) is 16.4 Å². The summed E-state index contributed by atoms with van der Waals surface area (Å²) in [6, 6.07) is 7.74. The highest BCUT2D eigenvalue weighted by Crippen LogP contribution is 2.28. The van der Waals surface area contributed by atoms with E-state index in [1.807, 2.05) is 0 Å². The minimum absolute atomic E-state index is 0.252. The molecule has 0 aliphatic carbocycles. The number of aromatic nitrogens is 1. The average Bonchev–Trinajstić information content (AvgIpc) is 2.37. The van der Waals surface area contributed by atoms with Crippen molar-refractivity contribution in [3.63, 3.8) is 0 Å². The van der Waals surface area contributed by atoms with E-state index in [4.69, 9.17) is 17.3 Å². The van der Waals surface area contributed by atoms with E-state index in [-0.39, 0.29) is 11.1 Å². The summed E-state index contributed by atoms with van der Waals surface area (Å²) in [7, 11) is 1.61. The van der Waals surface area contributed by atoms with Gasteiger partial charge >= 0.3 is 0 Å². The minimum Gasteiger partial charge on any atom is -0.397 e. The van der Waals surface area contributed by atoms with Crippen molar-refractivity contribution in [1.82, 2.24) is 4.57 Å². The summed E-state index contributed by atoms with van der Waals surface area (Å²) in [4.78, 5) is 23.5. The number of nitrogen functional groups attached to an aromatic ring is 1. The SMILES string of the molecule is Cn1ccc(C(=O)Nc2c(N)cccc2Cl)cc1=O. The van der Waals surface area contributed by atoms with Crippen LogP contribution in [0.1, 0.15) is 10.4 Å². The fourth-order valence-corrected chi connectivity index (χ4v) is 1.78. The molecule has 6 heteroatoms. The number of rotatable bonds is 2. The van der Waals surface area contributed by atoms with Gasteiger partial charge in [0, 0.05) is 24.9 Å². The topological polar surface area (TPSA) is 77.1 Å². The van der Waals surface area contributed by atoms with Gasteiger partial charge in [-0.15, -0.1) is 0 Å². The summed E-state index contributed by atoms with van der Waals surface area (Å²) < 4.78 is 1.38. The van der Waals surface area contributed by atoms with Gasteiger partial charge in [-0.1, -0.05) is 17.7 Å². The van der Waals surface area contributed by atoms with Crippen LogP contribution in [0.15, 0.2) is 41.3 Å². The lowest BCUT2D eigenvalue weighted by Gasteiger charge is -2.10. The maximum atomic E-state index is 12.0. The Morgan fingerprint density at radius 1 is 1.37 bits per heavy atom. The number of nitrogens with zero attached hydrogens (tertiary/aromatic N) is 1. The van der Waals surface area contributed by atoms with Gasteiger partial charge in [-0.25, -0.2) is 0 Å². The van der Waals surface area contributed by atoms with Crippen LogP contribution in [0.2, 0.25) is 5.02 Å². The number of anilines is 2. The van der Waals surface area contributed by atoms with E-state index in [2.05, 4.69) is 5.32 Å². The number of para-hydroxylation sites is 1. The highest BCUT2D eigenvalue weighted by Gasteiger charge is 2.11. The van der Waals surface area contributed by atoms with Crippen molar-refractivity contribution < 1.29 is 4.79 Å². The molecule has 0 atom stereocenters. The standard InChI is InChI=1S/C13H12ClN3O2/c1-17-6-5-8(7-11(17)18)13(19)16-12-9(14)3-2-4-10(12)15/h2-7H,15H2,1H3,(H,16,19). The van der Waals surface area contributed by atoms with Crippen molar-refractivity contribution in [3.05, 3.63) is 57.5 Å². The van der Waals surface area contributed by atoms with Gasteiger partial charge in [-0.3, -0.25) is 9.59 Å². The Morgan fingerprint density at radius 2 is 2.11 bits per heavy atom. The molecule has 1 aromatic heterocycles. The molecular formula is C13H12ClN3O2. The number of carbonyl (C=O) groups excluding carboxylic acids is 1. The highest BCUT2D eigenvalue weighted by molar-refractivity contribution is 6.34. The van der Waals surface area contributed by atoms with Gasteiger partial charge in [0.15, 0.2) is 0 Å². The Hall–Kier alpha value is -2.27. The normalized spacial score (nSPS) is 10.2. The first kappa shape index (κ1) is 13.2. The number of hydrogen-bond acceptors (Lipinski definition) is 3. The van der Waals surface area contributed by atoms with Crippen LogP contribution < -0.4 is 16.6 Å². The van der Waals surface area contributed by atoms with Gasteiger partial charge < -0.3 is 15.6 Å². The second-order valence-electron chi connectivity index (χ2n) is 4.02. The van der Waals surface area contributed by atoms with Crippen LogP contribution in [0.3, 0.4) is 0 Å². The molecule has 1 aromatic carbocycles. The molecule has 19 heavy (non-hydrogen) atoms. The predicted molar refractivity (Wildman–Crippen MR) is 75.5 cm³/mol. The second-order valence-corrected chi connectivity index (χ2v) is 4.43. The van der Waals surface area contributed by atoms with Crippen molar-refractivity contribution >= 4 is 28.9 Å². The lowest BCUT2D eigenvalue weighted by molar-refractivity contribution is 0.102. The van der Waals surface area contributed by atoms with Gasteiger partial charge in [0.2, 0.25) is 0 Å². The van der Waals surface area contributed by atoms with Crippen molar-refractivity contribution in [2.75, 3.05) is 11.1 Å². The zero-order valence-electron chi connectivity index (χ0n) is 10.2. The van der Waals surface area contributed by atoms with Crippen LogP contribution in [0.5, 0.6) is 0 Å². The van der Waals surface area contributed by atoms with Crippen LogP contribution in [0, 0.1) is 0 Å². The number of halogens is 1. The number of pyridine rings is 1. The van der Waals surface area contributed by atoms with E-state index < -0.39 is 5.91 Å². The molecule has 1 amide bonds. The maximum Gasteiger partial charge on any atom is 0.256 e. The molecule has 2 rings (SSSR count). The smallest absolute Gasteiger partial charge is 0.256 e. The number of nitrogens with two attached hydrogens (primary N) is 1. The summed E-state index contributed by atoms with van der Waals surface area (Å²) in [5.41, 5.74) is 6.43. The van der Waals surface area contributed by atoms with Gasteiger partial charge in [0.1, 0.15) is 0 Å². The van der Waals surface area contributed by atoms with Crippen LogP contribution >= 0.6 is 11.6 Å². The molecule has 98 valence electrons. The fraction of sp³-hybridized carbons (Fsp3) is 0.0769. The molecule has 1 heterocycles. The highest BCUT2D eigenvalue weighted by atomic mass is 35.5. The molecule has 0 saturated carbocycles. The lowest BCUT2D eigenvalue weighted by atomic mass is 10.2. The third kappa shape index (κ3) is 2.77. The molecule has 5 nitrogen and oxygen atoms in total. The van der Waals surface area contributed by atoms with Crippen molar-refractivity contribution in [2.24, 2.45) is 7.05 Å². The first-order valence-electron chi connectivity index (χ1n) is 5.51. The van der Waals surface area contributed by atoms with E-state index in [1.165, 1.54) is 16.8 Å². The summed E-state index contributed by atoms with van der Waals surface area (Å²) >= 11 is 5.96. The van der Waals surface area contributed by atoms with Crippen LogP contribution in [-0.4, -0.2) is 10.5 Å². The molecule has 0 spiro atoms. The molecule has 0 radical (unpaired) electrons. The Balaban J connectivity index is 2.31. The largest absolute Gasteiger partial charge is 0.397 e. The van der Waals surface area contributed by atoms with E-state index in [0.717, 1.165) is 0 Å². The lowest BCUT2D eigenvalue weighted by Crippen LogP contribution is -2.20. The minimum atomic E-state index is -0.433. The Labute approximate surface area is 114 Å². The molecule has 0 aliphatic rings. The summed E-state index contributed by atoms with van der Waals surface area (Å²) in [5.74, 6) is -0.433. The molecule has 3 N–H and O–H groups in total. The third-order valence-corrected chi connectivity index (χ3v) is 2.97. The fourth-order valence-electron chi connectivity index (χ4n) is 1.55. The molecule has 0 unspecified atom stereocenters. The van der Waals surface area contributed by atoms with Gasteiger partial charge in [0.05, 0.1) is 16.4 Å². The molecule has 2 aromatic rings. The Kier molecular flexibility index (Phi) is 3.57. The number of hydrogen-bond donors (Lipinski definition) is 2. The van der Waals surface area contributed by atoms with Crippen LogP contribution in [0.4, 0.5) is 11.4 Å². The predicted octanol–water partition coefficient (Wildman–Crippen LogP) is 1.87. The van der Waals surface area contributed by atoms with Gasteiger partial charge in [-0.05, 0) is 18.2 Å². The van der Waals surface area contributed by atoms with E-state index >= 15 is 0 Å². The van der Waals surface area contributed by atoms with Crippen LogP contribution in [-0.2, 0) is 7.05 Å². The average molecular weight is 278 g/mol. The number of aryl methyl sites for hydroxylation is 1. The second kappa shape index (κ2) is 5.16. The van der Waals surface area contributed by atoms with Gasteiger partial charge in [0.25, 0.3) is 11.5 Å². The molecule has 0 saturated heterocycles. The summed E-state index contributed by atoms with van der Waals surface area (Å²) in [5, 5.41) is 2.94. The molecule has 0 aliphatic heterocycles. The monoisotopic (exact) mass is 277 g/mol. The molecule has 0 bridgehead atoms. The quantitative estimate of drug-likeness (QED) is 0.823. The number of nitrogens with one attached hydrogen (secondary N) is 1. The molecule has 0 fully saturated rings. The van der Waals surface area contributed by atoms with Crippen LogP contribution in [0.25, 0.3) is 0 Å². The van der Waals surface area contributed by atoms with Crippen molar-refractivity contribution in [1.29, 1.82) is 0 Å². The number of carbonyl (C=O) groups is 1. The molecular weight excluding hydrogens is 266 g/mol. The van der Waals surface area contributed by atoms with Gasteiger partial charge in [-0.2, -0.15) is 0 Å². The number of benzene rings is 1. The van der Waals surface area contributed by atoms with E-state index in [1.54, 1.807) is 31.3 Å². The Morgan fingerprint density at radius 3 is 2.74 bits per heavy atom. The maximum absolute atomic E-state index is 12.0. The first-order chi connectivity index (χ1) is 8.99. The third-order valence-electron chi connectivity index (χ3n) is 2.65. The van der Waals surface area contributed by atoms with Crippen molar-refractivity contribution in [2.45, 2.75) is 0 Å². The van der Waals surface area contributed by atoms with Crippen molar-refractivity contribution in [3.8, 4) is 0 Å². The summed E-state index contributed by atoms with van der Waals surface area (Å²) in [6.45, 7) is 0. The summed E-state index contributed by atoms with van der Waals surface area (Å²) in [6.07, 6.45) is 1.52. The number of amides is 1.